The topological polar surface area (TPSA) is 141 Å². The second-order valence-corrected chi connectivity index (χ2v) is 9.97. The lowest BCUT2D eigenvalue weighted by molar-refractivity contribution is -0.127. The number of nitrogen functional groups attached to an aromatic ring is 1. The lowest BCUT2D eigenvalue weighted by atomic mass is 10.00. The fourth-order valence-corrected chi connectivity index (χ4v) is 4.41. The van der Waals surface area contributed by atoms with E-state index in [0.29, 0.717) is 17.9 Å². The molecule has 1 atom stereocenters. The summed E-state index contributed by atoms with van der Waals surface area (Å²) in [4.78, 5) is 40.8. The van der Waals surface area contributed by atoms with E-state index < -0.39 is 23.4 Å². The molecule has 190 valence electrons. The lowest BCUT2D eigenvalue weighted by Crippen LogP contribution is -2.49. The predicted octanol–water partition coefficient (Wildman–Crippen LogP) is 3.52. The average molecular weight is 510 g/mol. The third-order valence-electron chi connectivity index (χ3n) is 5.18. The van der Waals surface area contributed by atoms with Crippen LogP contribution in [0.25, 0.3) is 0 Å². The molecule has 9 nitrogen and oxygen atoms in total. The molecule has 1 aromatic heterocycles. The summed E-state index contributed by atoms with van der Waals surface area (Å²) in [5, 5.41) is 2.99. The first kappa shape index (κ1) is 26.7. The van der Waals surface area contributed by atoms with E-state index in [2.05, 4.69) is 9.69 Å². The van der Waals surface area contributed by atoms with Crippen molar-refractivity contribution in [2.45, 2.75) is 45.8 Å². The number of anilines is 1. The molecular formula is C26H31N5O4S. The molecule has 3 rings (SSSR count). The third-order valence-corrected chi connectivity index (χ3v) is 6.03. The maximum Gasteiger partial charge on any atom is 0.270 e. The van der Waals surface area contributed by atoms with Crippen LogP contribution in [-0.4, -0.2) is 39.1 Å². The normalized spacial score (nSPS) is 12.0. The number of rotatable bonds is 9. The van der Waals surface area contributed by atoms with Gasteiger partial charge in [0, 0.05) is 12.1 Å². The number of benzene rings is 2. The van der Waals surface area contributed by atoms with E-state index in [1.165, 1.54) is 4.90 Å². The third kappa shape index (κ3) is 6.39. The molecule has 0 aliphatic rings. The van der Waals surface area contributed by atoms with Gasteiger partial charge in [-0.25, -0.2) is 0 Å². The Balaban J connectivity index is 2.14. The highest BCUT2D eigenvalue weighted by atomic mass is 32.1. The zero-order chi connectivity index (χ0) is 26.5. The maximum absolute atomic E-state index is 13.9. The van der Waals surface area contributed by atoms with Gasteiger partial charge in [-0.1, -0.05) is 42.5 Å². The number of aromatic nitrogens is 1. The van der Waals surface area contributed by atoms with E-state index in [9.17, 15) is 14.4 Å². The van der Waals surface area contributed by atoms with Crippen LogP contribution in [0.2, 0.25) is 0 Å². The van der Waals surface area contributed by atoms with Crippen LogP contribution in [0.4, 0.5) is 5.69 Å². The van der Waals surface area contributed by atoms with Crippen molar-refractivity contribution < 1.29 is 19.1 Å². The highest BCUT2D eigenvalue weighted by Crippen LogP contribution is 2.31. The Morgan fingerprint density at radius 2 is 1.72 bits per heavy atom. The predicted molar refractivity (Wildman–Crippen MR) is 140 cm³/mol. The Labute approximate surface area is 214 Å². The smallest absolute Gasteiger partial charge is 0.270 e. The number of amides is 3. The molecule has 0 saturated carbocycles. The Morgan fingerprint density at radius 1 is 1.08 bits per heavy atom. The van der Waals surface area contributed by atoms with Crippen LogP contribution in [0.1, 0.15) is 65.0 Å². The second kappa shape index (κ2) is 11.2. The van der Waals surface area contributed by atoms with E-state index in [4.69, 9.17) is 16.2 Å². The van der Waals surface area contributed by atoms with Crippen molar-refractivity contribution >= 4 is 34.9 Å². The van der Waals surface area contributed by atoms with Crippen LogP contribution in [0, 0.1) is 0 Å². The van der Waals surface area contributed by atoms with Gasteiger partial charge in [0.25, 0.3) is 11.8 Å². The summed E-state index contributed by atoms with van der Waals surface area (Å²) in [6.45, 7) is 8.09. The summed E-state index contributed by atoms with van der Waals surface area (Å²) >= 11 is 0.779. The number of hydrogen-bond acceptors (Lipinski definition) is 7. The minimum atomic E-state index is -1.01. The van der Waals surface area contributed by atoms with Gasteiger partial charge in [0.2, 0.25) is 5.91 Å². The van der Waals surface area contributed by atoms with Gasteiger partial charge in [0.15, 0.2) is 5.69 Å². The summed E-state index contributed by atoms with van der Waals surface area (Å²) < 4.78 is 9.52. The second-order valence-electron chi connectivity index (χ2n) is 9.20. The molecule has 1 unspecified atom stereocenters. The number of hydrogen-bond donors (Lipinski definition) is 3. The molecule has 0 bridgehead atoms. The van der Waals surface area contributed by atoms with Crippen LogP contribution in [-0.2, 0) is 11.3 Å². The van der Waals surface area contributed by atoms with Crippen molar-refractivity contribution in [2.75, 3.05) is 12.3 Å². The number of nitrogens with zero attached hydrogens (tertiary/aromatic N) is 2. The highest BCUT2D eigenvalue weighted by Gasteiger charge is 2.36. The summed E-state index contributed by atoms with van der Waals surface area (Å²) in [5.41, 5.74) is 12.0. The minimum Gasteiger partial charge on any atom is -0.494 e. The van der Waals surface area contributed by atoms with E-state index in [1.807, 2.05) is 58.0 Å². The molecule has 0 aliphatic carbocycles. The van der Waals surface area contributed by atoms with Crippen molar-refractivity contribution in [3.63, 3.8) is 0 Å². The molecule has 0 spiro atoms. The standard InChI is InChI=1S/C26H31N5O4S/c1-5-35-18-13-11-17(12-14-18)21(24(33)29-26(2,3)4)31(15-16-9-7-6-8-10-16)25(34)22-19(27)20(23(28)32)30-36-22/h6-14,21H,5,15,27H2,1-4H3,(H2,28,32)(H,29,33). The molecule has 0 aliphatic heterocycles. The van der Waals surface area contributed by atoms with Gasteiger partial charge in [-0.15, -0.1) is 0 Å². The maximum atomic E-state index is 13.9. The first-order valence-electron chi connectivity index (χ1n) is 11.5. The van der Waals surface area contributed by atoms with Gasteiger partial charge >= 0.3 is 0 Å². The molecule has 2 aromatic carbocycles. The van der Waals surface area contributed by atoms with Crippen molar-refractivity contribution in [3.05, 3.63) is 76.3 Å². The summed E-state index contributed by atoms with van der Waals surface area (Å²) in [6, 6.07) is 15.3. The lowest BCUT2D eigenvalue weighted by Gasteiger charge is -2.33. The summed E-state index contributed by atoms with van der Waals surface area (Å²) in [6.07, 6.45) is 0. The monoisotopic (exact) mass is 509 g/mol. The van der Waals surface area contributed by atoms with Crippen molar-refractivity contribution in [2.24, 2.45) is 5.73 Å². The number of carbonyl (C=O) groups excluding carboxylic acids is 3. The number of nitrogens with one attached hydrogen (secondary N) is 1. The quantitative estimate of drug-likeness (QED) is 0.403. The zero-order valence-corrected chi connectivity index (χ0v) is 21.6. The average Bonchev–Trinajstić information content (AvgIpc) is 3.20. The molecule has 3 aromatic rings. The highest BCUT2D eigenvalue weighted by molar-refractivity contribution is 7.09. The molecular weight excluding hydrogens is 478 g/mol. The first-order chi connectivity index (χ1) is 17.0. The Bertz CT molecular complexity index is 1220. The zero-order valence-electron chi connectivity index (χ0n) is 20.8. The van der Waals surface area contributed by atoms with Gasteiger partial charge in [-0.3, -0.25) is 14.4 Å². The first-order valence-corrected chi connectivity index (χ1v) is 12.2. The van der Waals surface area contributed by atoms with Crippen LogP contribution < -0.4 is 21.5 Å². The Morgan fingerprint density at radius 3 is 2.25 bits per heavy atom. The van der Waals surface area contributed by atoms with Crippen LogP contribution in [0.3, 0.4) is 0 Å². The SMILES string of the molecule is CCOc1ccc(C(C(=O)NC(C)(C)C)N(Cc2ccccc2)C(=O)c2snc(C(N)=O)c2N)cc1. The molecule has 0 fully saturated rings. The Kier molecular flexibility index (Phi) is 8.31. The molecule has 1 heterocycles. The van der Waals surface area contributed by atoms with Crippen LogP contribution in [0.5, 0.6) is 5.75 Å². The van der Waals surface area contributed by atoms with Gasteiger partial charge in [-0.05, 0) is 62.5 Å². The van der Waals surface area contributed by atoms with Gasteiger partial charge in [0.05, 0.1) is 12.3 Å². The number of primary amides is 1. The molecule has 0 radical (unpaired) electrons. The van der Waals surface area contributed by atoms with Gasteiger partial charge < -0.3 is 26.4 Å². The van der Waals surface area contributed by atoms with E-state index in [0.717, 1.165) is 17.1 Å². The van der Waals surface area contributed by atoms with Crippen molar-refractivity contribution in [3.8, 4) is 5.75 Å². The molecule has 5 N–H and O–H groups in total. The summed E-state index contributed by atoms with van der Waals surface area (Å²) in [5.74, 6) is -1.08. The number of carbonyl (C=O) groups is 3. The molecule has 10 heteroatoms. The van der Waals surface area contributed by atoms with Crippen molar-refractivity contribution in [1.29, 1.82) is 0 Å². The van der Waals surface area contributed by atoms with Crippen molar-refractivity contribution in [1.82, 2.24) is 14.6 Å². The van der Waals surface area contributed by atoms with Crippen LogP contribution >= 0.6 is 11.5 Å². The Hall–Kier alpha value is -3.92. The number of nitrogens with two attached hydrogens (primary N) is 2. The fourth-order valence-electron chi connectivity index (χ4n) is 3.64. The number of ether oxygens (including phenoxy) is 1. The molecule has 0 saturated heterocycles. The van der Waals surface area contributed by atoms with E-state index in [1.54, 1.807) is 24.3 Å². The van der Waals surface area contributed by atoms with Gasteiger partial charge in [0.1, 0.15) is 16.7 Å². The van der Waals surface area contributed by atoms with Crippen LogP contribution in [0.15, 0.2) is 54.6 Å². The largest absolute Gasteiger partial charge is 0.494 e. The summed E-state index contributed by atoms with van der Waals surface area (Å²) in [7, 11) is 0. The van der Waals surface area contributed by atoms with E-state index in [-0.39, 0.29) is 28.7 Å². The minimum absolute atomic E-state index is 0.0410. The molecule has 3 amide bonds. The fraction of sp³-hybridized carbons (Fsp3) is 0.308. The van der Waals surface area contributed by atoms with E-state index >= 15 is 0 Å². The van der Waals surface area contributed by atoms with Gasteiger partial charge in [-0.2, -0.15) is 4.37 Å². The molecule has 36 heavy (non-hydrogen) atoms.